The molecule has 0 aromatic heterocycles. The van der Waals surface area contributed by atoms with Crippen LogP contribution < -0.4 is 20.1 Å². The number of fused-ring (bicyclic) bond motifs is 1. The summed E-state index contributed by atoms with van der Waals surface area (Å²) in [5.41, 5.74) is 2.28. The average molecular weight is 550 g/mol. The lowest BCUT2D eigenvalue weighted by Gasteiger charge is -2.27. The maximum absolute atomic E-state index is 12.0. The van der Waals surface area contributed by atoms with E-state index in [0.717, 1.165) is 48.1 Å². The molecule has 0 saturated carbocycles. The zero-order chi connectivity index (χ0) is 21.5. The zero-order valence-corrected chi connectivity index (χ0v) is 20.7. The van der Waals surface area contributed by atoms with Gasteiger partial charge in [0.1, 0.15) is 12.7 Å². The maximum atomic E-state index is 12.0. The Morgan fingerprint density at radius 3 is 2.59 bits per heavy atom. The van der Waals surface area contributed by atoms with Crippen LogP contribution in [0.1, 0.15) is 30.9 Å². The molecule has 2 aliphatic rings. The molecule has 0 spiro atoms. The summed E-state index contributed by atoms with van der Waals surface area (Å²) < 4.78 is 11.8. The Morgan fingerprint density at radius 1 is 1.09 bits per heavy atom. The second-order valence-electron chi connectivity index (χ2n) is 7.76. The van der Waals surface area contributed by atoms with Crippen molar-refractivity contribution in [2.75, 3.05) is 26.2 Å². The second-order valence-corrected chi connectivity index (χ2v) is 7.76. The molecule has 32 heavy (non-hydrogen) atoms. The number of amides is 1. The summed E-state index contributed by atoms with van der Waals surface area (Å²) >= 11 is 0. The fourth-order valence-corrected chi connectivity index (χ4v) is 3.82. The lowest BCUT2D eigenvalue weighted by molar-refractivity contribution is -0.128. The first-order chi connectivity index (χ1) is 15.2. The minimum atomic E-state index is -0.0905. The number of carbonyl (C=O) groups excluding carboxylic acids is 1. The summed E-state index contributed by atoms with van der Waals surface area (Å²) in [5.74, 6) is 2.53. The molecule has 2 aromatic carbocycles. The number of para-hydroxylation sites is 2. The smallest absolute Gasteiger partial charge is 0.222 e. The number of ether oxygens (including phenoxy) is 2. The van der Waals surface area contributed by atoms with Crippen molar-refractivity contribution < 1.29 is 14.3 Å². The molecule has 1 saturated heterocycles. The number of guanidine groups is 1. The molecule has 2 aliphatic heterocycles. The number of rotatable bonds is 7. The van der Waals surface area contributed by atoms with Gasteiger partial charge in [0.15, 0.2) is 17.5 Å². The van der Waals surface area contributed by atoms with Crippen molar-refractivity contribution in [2.45, 2.75) is 39.0 Å². The molecule has 7 nitrogen and oxygen atoms in total. The van der Waals surface area contributed by atoms with E-state index >= 15 is 0 Å². The van der Waals surface area contributed by atoms with Gasteiger partial charge in [-0.05, 0) is 36.6 Å². The highest BCUT2D eigenvalue weighted by Crippen LogP contribution is 2.30. The van der Waals surface area contributed by atoms with Crippen LogP contribution in [0.5, 0.6) is 11.5 Å². The van der Waals surface area contributed by atoms with Crippen LogP contribution >= 0.6 is 24.0 Å². The van der Waals surface area contributed by atoms with Crippen molar-refractivity contribution in [1.82, 2.24) is 15.5 Å². The first-order valence-electron chi connectivity index (χ1n) is 11.0. The van der Waals surface area contributed by atoms with Crippen LogP contribution in [0, 0.1) is 0 Å². The highest BCUT2D eigenvalue weighted by atomic mass is 127. The van der Waals surface area contributed by atoms with Gasteiger partial charge in [0.05, 0.1) is 13.1 Å². The van der Waals surface area contributed by atoms with Gasteiger partial charge in [-0.2, -0.15) is 0 Å². The van der Waals surface area contributed by atoms with E-state index < -0.39 is 0 Å². The minimum Gasteiger partial charge on any atom is -0.486 e. The standard InChI is InChI=1S/C24H30N4O3.HI/c1-2-25-24(27-15-20-17-30-21-10-5-6-11-22(21)31-20)26-14-18-8-3-4-9-19(18)16-28-13-7-12-23(28)29;/h3-6,8-11,20H,2,7,12-17H2,1H3,(H2,25,26,27);1H. The van der Waals surface area contributed by atoms with Gasteiger partial charge in [0.25, 0.3) is 0 Å². The van der Waals surface area contributed by atoms with Gasteiger partial charge in [0, 0.05) is 26.1 Å². The molecule has 8 heteroatoms. The number of aliphatic imine (C=N–C) groups is 1. The topological polar surface area (TPSA) is 75.2 Å². The number of benzene rings is 2. The Hall–Kier alpha value is -2.49. The number of nitrogens with one attached hydrogen (secondary N) is 2. The number of halogens is 1. The van der Waals surface area contributed by atoms with E-state index in [0.29, 0.717) is 32.7 Å². The highest BCUT2D eigenvalue weighted by Gasteiger charge is 2.22. The fraction of sp³-hybridized carbons (Fsp3) is 0.417. The summed E-state index contributed by atoms with van der Waals surface area (Å²) in [5, 5.41) is 6.65. The third-order valence-electron chi connectivity index (χ3n) is 5.47. The SMILES string of the molecule is CCNC(=NCc1ccccc1CN1CCCC1=O)NCC1COc2ccccc2O1.I. The molecule has 2 N–H and O–H groups in total. The van der Waals surface area contributed by atoms with Crippen LogP contribution in [0.4, 0.5) is 0 Å². The van der Waals surface area contributed by atoms with Gasteiger partial charge < -0.3 is 25.0 Å². The molecule has 1 fully saturated rings. The quantitative estimate of drug-likeness (QED) is 0.315. The Bertz CT molecular complexity index is 937. The lowest BCUT2D eigenvalue weighted by Crippen LogP contribution is -2.45. The molecule has 0 radical (unpaired) electrons. The first-order valence-corrected chi connectivity index (χ1v) is 11.0. The van der Waals surface area contributed by atoms with Crippen molar-refractivity contribution in [1.29, 1.82) is 0 Å². The summed E-state index contributed by atoms with van der Waals surface area (Å²) in [6, 6.07) is 15.9. The van der Waals surface area contributed by atoms with Crippen LogP contribution in [0.2, 0.25) is 0 Å². The Morgan fingerprint density at radius 2 is 1.84 bits per heavy atom. The third-order valence-corrected chi connectivity index (χ3v) is 5.47. The van der Waals surface area contributed by atoms with Gasteiger partial charge in [-0.15, -0.1) is 24.0 Å². The molecule has 0 bridgehead atoms. The Kier molecular flexibility index (Phi) is 9.01. The van der Waals surface area contributed by atoms with Gasteiger partial charge in [0.2, 0.25) is 5.91 Å². The number of hydrogen-bond donors (Lipinski definition) is 2. The van der Waals surface area contributed by atoms with Crippen LogP contribution in [-0.4, -0.2) is 49.1 Å². The molecule has 172 valence electrons. The van der Waals surface area contributed by atoms with E-state index in [-0.39, 0.29) is 36.0 Å². The van der Waals surface area contributed by atoms with E-state index in [9.17, 15) is 4.79 Å². The molecule has 2 aromatic rings. The van der Waals surface area contributed by atoms with Crippen molar-refractivity contribution in [3.8, 4) is 11.5 Å². The predicted molar refractivity (Wildman–Crippen MR) is 136 cm³/mol. The van der Waals surface area contributed by atoms with Gasteiger partial charge in [-0.1, -0.05) is 36.4 Å². The van der Waals surface area contributed by atoms with E-state index in [1.54, 1.807) is 0 Å². The normalized spacial score (nSPS) is 17.7. The van der Waals surface area contributed by atoms with Gasteiger partial charge in [-0.3, -0.25) is 4.79 Å². The van der Waals surface area contributed by atoms with Crippen LogP contribution in [0.25, 0.3) is 0 Å². The van der Waals surface area contributed by atoms with Crippen LogP contribution in [-0.2, 0) is 17.9 Å². The second kappa shape index (κ2) is 11.9. The largest absolute Gasteiger partial charge is 0.486 e. The molecule has 1 unspecified atom stereocenters. The van der Waals surface area contributed by atoms with E-state index in [1.165, 1.54) is 0 Å². The van der Waals surface area contributed by atoms with Crippen molar-refractivity contribution >= 4 is 35.8 Å². The molecule has 1 amide bonds. The fourth-order valence-electron chi connectivity index (χ4n) is 3.82. The van der Waals surface area contributed by atoms with Crippen molar-refractivity contribution in [3.05, 3.63) is 59.7 Å². The Labute approximate surface area is 206 Å². The predicted octanol–water partition coefficient (Wildman–Crippen LogP) is 3.32. The first kappa shape index (κ1) is 24.2. The van der Waals surface area contributed by atoms with Gasteiger partial charge >= 0.3 is 0 Å². The Balaban J connectivity index is 0.00000289. The molecule has 4 rings (SSSR count). The molecular weight excluding hydrogens is 519 g/mol. The minimum absolute atomic E-state index is 0. The van der Waals surface area contributed by atoms with Crippen LogP contribution in [0.3, 0.4) is 0 Å². The van der Waals surface area contributed by atoms with Crippen molar-refractivity contribution in [2.24, 2.45) is 4.99 Å². The third kappa shape index (κ3) is 6.27. The summed E-state index contributed by atoms with van der Waals surface area (Å²) in [6.07, 6.45) is 1.52. The maximum Gasteiger partial charge on any atom is 0.222 e. The van der Waals surface area contributed by atoms with E-state index in [4.69, 9.17) is 14.5 Å². The molecule has 0 aliphatic carbocycles. The number of likely N-dealkylation sites (tertiary alicyclic amines) is 1. The molecule has 1 atom stereocenters. The zero-order valence-electron chi connectivity index (χ0n) is 18.4. The monoisotopic (exact) mass is 550 g/mol. The molecular formula is C24H31IN4O3. The summed E-state index contributed by atoms with van der Waals surface area (Å²) in [7, 11) is 0. The number of carbonyl (C=O) groups is 1. The van der Waals surface area contributed by atoms with Crippen LogP contribution in [0.15, 0.2) is 53.5 Å². The summed E-state index contributed by atoms with van der Waals surface area (Å²) in [6.45, 7) is 5.92. The molecule has 2 heterocycles. The lowest BCUT2D eigenvalue weighted by atomic mass is 10.1. The average Bonchev–Trinajstić information content (AvgIpc) is 3.20. The van der Waals surface area contributed by atoms with Crippen molar-refractivity contribution in [3.63, 3.8) is 0 Å². The highest BCUT2D eigenvalue weighted by molar-refractivity contribution is 14.0. The number of hydrogen-bond acceptors (Lipinski definition) is 4. The van der Waals surface area contributed by atoms with E-state index in [1.807, 2.05) is 48.2 Å². The van der Waals surface area contributed by atoms with Gasteiger partial charge in [-0.25, -0.2) is 4.99 Å². The summed E-state index contributed by atoms with van der Waals surface area (Å²) in [4.78, 5) is 18.7. The number of nitrogens with zero attached hydrogens (tertiary/aromatic N) is 2. The van der Waals surface area contributed by atoms with E-state index in [2.05, 4.69) is 22.8 Å².